The van der Waals surface area contributed by atoms with E-state index in [1.54, 1.807) is 7.11 Å². The molecule has 0 radical (unpaired) electrons. The smallest absolute Gasteiger partial charge is 0.162 e. The van der Waals surface area contributed by atoms with Gasteiger partial charge in [-0.25, -0.2) is 0 Å². The Labute approximate surface area is 108 Å². The first-order valence-corrected chi connectivity index (χ1v) is 6.54. The first-order valence-electron chi connectivity index (χ1n) is 6.01. The average molecular weight is 255 g/mol. The van der Waals surface area contributed by atoms with Crippen molar-refractivity contribution in [3.8, 4) is 5.75 Å². The van der Waals surface area contributed by atoms with Gasteiger partial charge in [-0.3, -0.25) is 4.79 Å². The highest BCUT2D eigenvalue weighted by Crippen LogP contribution is 2.14. The quantitative estimate of drug-likeness (QED) is 0.397. The fraction of sp³-hybridized carbons (Fsp3) is 0.500. The molecule has 17 heavy (non-hydrogen) atoms. The van der Waals surface area contributed by atoms with Crippen LogP contribution in [-0.4, -0.2) is 18.8 Å². The molecule has 0 amide bonds. The number of methoxy groups -OCH3 is 1. The normalized spacial score (nSPS) is 10.2. The van der Waals surface area contributed by atoms with Gasteiger partial charge in [0.1, 0.15) is 5.75 Å². The monoisotopic (exact) mass is 254 g/mol. The Morgan fingerprint density at radius 3 is 2.35 bits per heavy atom. The first-order chi connectivity index (χ1) is 8.27. The molecule has 0 N–H and O–H groups in total. The van der Waals surface area contributed by atoms with Crippen molar-refractivity contribution in [3.05, 3.63) is 29.8 Å². The highest BCUT2D eigenvalue weighted by molar-refractivity contribution is 6.17. The molecule has 2 nitrogen and oxygen atoms in total. The van der Waals surface area contributed by atoms with Crippen LogP contribution in [0.2, 0.25) is 0 Å². The minimum Gasteiger partial charge on any atom is -0.497 e. The van der Waals surface area contributed by atoms with Crippen LogP contribution in [-0.2, 0) is 0 Å². The van der Waals surface area contributed by atoms with Crippen LogP contribution >= 0.6 is 11.6 Å². The van der Waals surface area contributed by atoms with Gasteiger partial charge in [0, 0.05) is 17.9 Å². The third-order valence-electron chi connectivity index (χ3n) is 2.70. The maximum absolute atomic E-state index is 11.8. The number of ketones is 1. The second kappa shape index (κ2) is 8.13. The summed E-state index contributed by atoms with van der Waals surface area (Å²) >= 11 is 5.59. The third kappa shape index (κ3) is 5.22. The summed E-state index contributed by atoms with van der Waals surface area (Å²) in [4.78, 5) is 11.8. The molecule has 1 aromatic carbocycles. The van der Waals surface area contributed by atoms with Crippen molar-refractivity contribution >= 4 is 17.4 Å². The van der Waals surface area contributed by atoms with Gasteiger partial charge in [-0.15, -0.1) is 11.6 Å². The lowest BCUT2D eigenvalue weighted by molar-refractivity contribution is 0.0979. The maximum Gasteiger partial charge on any atom is 0.162 e. The maximum atomic E-state index is 11.8. The summed E-state index contributed by atoms with van der Waals surface area (Å²) in [7, 11) is 1.62. The molecule has 0 spiro atoms. The summed E-state index contributed by atoms with van der Waals surface area (Å²) in [6.07, 6.45) is 4.79. The number of unbranched alkanes of at least 4 members (excludes halogenated alkanes) is 3. The molecule has 0 aromatic heterocycles. The van der Waals surface area contributed by atoms with Crippen LogP contribution in [0, 0.1) is 0 Å². The fourth-order valence-electron chi connectivity index (χ4n) is 1.65. The van der Waals surface area contributed by atoms with Gasteiger partial charge in [0.05, 0.1) is 7.11 Å². The zero-order valence-corrected chi connectivity index (χ0v) is 11.0. The number of Topliss-reactive ketones (excluding diaryl/α,β-unsaturated/α-hetero) is 1. The zero-order valence-electron chi connectivity index (χ0n) is 10.2. The van der Waals surface area contributed by atoms with Crippen molar-refractivity contribution in [3.63, 3.8) is 0 Å². The highest BCUT2D eigenvalue weighted by atomic mass is 35.5. The zero-order chi connectivity index (χ0) is 12.5. The van der Waals surface area contributed by atoms with E-state index in [0.717, 1.165) is 37.0 Å². The van der Waals surface area contributed by atoms with Crippen molar-refractivity contribution in [2.24, 2.45) is 0 Å². The molecule has 0 heterocycles. The summed E-state index contributed by atoms with van der Waals surface area (Å²) < 4.78 is 5.05. The second-order valence-corrected chi connectivity index (χ2v) is 4.38. The Kier molecular flexibility index (Phi) is 6.71. The van der Waals surface area contributed by atoms with Gasteiger partial charge in [-0.05, 0) is 37.1 Å². The molecule has 1 aromatic rings. The van der Waals surface area contributed by atoms with Crippen molar-refractivity contribution in [1.82, 2.24) is 0 Å². The van der Waals surface area contributed by atoms with Gasteiger partial charge >= 0.3 is 0 Å². The molecule has 0 fully saturated rings. The number of alkyl halides is 1. The number of rotatable bonds is 8. The first kappa shape index (κ1) is 14.0. The Morgan fingerprint density at radius 2 is 1.76 bits per heavy atom. The minimum absolute atomic E-state index is 0.207. The minimum atomic E-state index is 0.207. The molecule has 0 aliphatic carbocycles. The number of carbonyl (C=O) groups excluding carboxylic acids is 1. The Bertz CT molecular complexity index is 333. The standard InChI is InChI=1S/C14H19ClO2/c1-17-13-9-7-12(8-10-13)14(16)6-4-2-3-5-11-15/h7-10H,2-6,11H2,1H3. The number of benzene rings is 1. The van der Waals surface area contributed by atoms with Crippen LogP contribution in [0.25, 0.3) is 0 Å². The van der Waals surface area contributed by atoms with Crippen LogP contribution in [0.4, 0.5) is 0 Å². The molecule has 0 saturated carbocycles. The van der Waals surface area contributed by atoms with Crippen LogP contribution in [0.3, 0.4) is 0 Å². The van der Waals surface area contributed by atoms with E-state index in [1.165, 1.54) is 0 Å². The molecule has 1 rings (SSSR count). The molecule has 0 atom stereocenters. The number of carbonyl (C=O) groups is 1. The van der Waals surface area contributed by atoms with Gasteiger partial charge in [0.15, 0.2) is 5.78 Å². The van der Waals surface area contributed by atoms with Gasteiger partial charge in [-0.1, -0.05) is 12.8 Å². The lowest BCUT2D eigenvalue weighted by Gasteiger charge is -2.03. The number of hydrogen-bond donors (Lipinski definition) is 0. The topological polar surface area (TPSA) is 26.3 Å². The lowest BCUT2D eigenvalue weighted by atomic mass is 10.0. The summed E-state index contributed by atoms with van der Waals surface area (Å²) in [5.74, 6) is 1.70. The van der Waals surface area contributed by atoms with Gasteiger partial charge in [0.2, 0.25) is 0 Å². The molecule has 0 bridgehead atoms. The Hall–Kier alpha value is -1.02. The SMILES string of the molecule is COc1ccc(C(=O)CCCCCCCl)cc1. The van der Waals surface area contributed by atoms with Gasteiger partial charge < -0.3 is 4.74 Å². The predicted molar refractivity (Wildman–Crippen MR) is 71.1 cm³/mol. The molecule has 3 heteroatoms. The predicted octanol–water partition coefficient (Wildman–Crippen LogP) is 4.07. The lowest BCUT2D eigenvalue weighted by Crippen LogP contribution is -1.98. The summed E-state index contributed by atoms with van der Waals surface area (Å²) in [6.45, 7) is 0. The largest absolute Gasteiger partial charge is 0.497 e. The number of ether oxygens (including phenoxy) is 1. The number of halogens is 1. The summed E-state index contributed by atoms with van der Waals surface area (Å²) in [5, 5.41) is 0. The van der Waals surface area contributed by atoms with E-state index in [0.29, 0.717) is 12.3 Å². The second-order valence-electron chi connectivity index (χ2n) is 4.00. The molecule has 94 valence electrons. The molecular formula is C14H19ClO2. The van der Waals surface area contributed by atoms with E-state index in [4.69, 9.17) is 16.3 Å². The summed E-state index contributed by atoms with van der Waals surface area (Å²) in [5.41, 5.74) is 0.767. The van der Waals surface area contributed by atoms with Crippen molar-refractivity contribution in [1.29, 1.82) is 0 Å². The van der Waals surface area contributed by atoms with Crippen LogP contribution in [0.1, 0.15) is 42.5 Å². The van der Waals surface area contributed by atoms with E-state index in [2.05, 4.69) is 0 Å². The molecule has 0 unspecified atom stereocenters. The van der Waals surface area contributed by atoms with Crippen molar-refractivity contribution < 1.29 is 9.53 Å². The third-order valence-corrected chi connectivity index (χ3v) is 2.97. The van der Waals surface area contributed by atoms with E-state index < -0.39 is 0 Å². The van der Waals surface area contributed by atoms with E-state index >= 15 is 0 Å². The highest BCUT2D eigenvalue weighted by Gasteiger charge is 2.05. The Morgan fingerprint density at radius 1 is 1.12 bits per heavy atom. The summed E-state index contributed by atoms with van der Waals surface area (Å²) in [6, 6.07) is 7.28. The van der Waals surface area contributed by atoms with E-state index in [9.17, 15) is 4.79 Å². The van der Waals surface area contributed by atoms with Gasteiger partial charge in [0.25, 0.3) is 0 Å². The molecule has 0 saturated heterocycles. The number of hydrogen-bond acceptors (Lipinski definition) is 2. The van der Waals surface area contributed by atoms with Crippen LogP contribution in [0.5, 0.6) is 5.75 Å². The van der Waals surface area contributed by atoms with Crippen molar-refractivity contribution in [2.45, 2.75) is 32.1 Å². The molecular weight excluding hydrogens is 236 g/mol. The Balaban J connectivity index is 2.31. The van der Waals surface area contributed by atoms with E-state index in [1.807, 2.05) is 24.3 Å². The van der Waals surface area contributed by atoms with Crippen LogP contribution < -0.4 is 4.74 Å². The average Bonchev–Trinajstić information content (AvgIpc) is 2.38. The molecule has 0 aliphatic heterocycles. The fourth-order valence-corrected chi connectivity index (χ4v) is 1.84. The van der Waals surface area contributed by atoms with Crippen molar-refractivity contribution in [2.75, 3.05) is 13.0 Å². The van der Waals surface area contributed by atoms with Gasteiger partial charge in [-0.2, -0.15) is 0 Å². The van der Waals surface area contributed by atoms with E-state index in [-0.39, 0.29) is 5.78 Å². The molecule has 0 aliphatic rings. The van der Waals surface area contributed by atoms with Crippen LogP contribution in [0.15, 0.2) is 24.3 Å².